The number of thioether (sulfide) groups is 1. The van der Waals surface area contributed by atoms with Crippen molar-refractivity contribution in [2.24, 2.45) is 0 Å². The minimum atomic E-state index is -0.581. The summed E-state index contributed by atoms with van der Waals surface area (Å²) >= 11 is 14.1. The van der Waals surface area contributed by atoms with E-state index in [1.807, 2.05) is 37.3 Å². The first-order valence-corrected chi connectivity index (χ1v) is 10.9. The number of hydrogen-bond acceptors (Lipinski definition) is 3. The van der Waals surface area contributed by atoms with E-state index < -0.39 is 6.04 Å². The Hall–Kier alpha value is -1.69. The van der Waals surface area contributed by atoms with Crippen LogP contribution in [0.1, 0.15) is 24.5 Å². The molecule has 0 bridgehead atoms. The Labute approximate surface area is 180 Å². The van der Waals surface area contributed by atoms with Gasteiger partial charge in [-0.3, -0.25) is 9.59 Å². The van der Waals surface area contributed by atoms with Gasteiger partial charge in [0.2, 0.25) is 11.8 Å². The van der Waals surface area contributed by atoms with Crippen LogP contribution in [0.5, 0.6) is 0 Å². The molecule has 2 aromatic rings. The van der Waals surface area contributed by atoms with Crippen molar-refractivity contribution in [1.82, 2.24) is 10.2 Å². The number of amides is 2. The first-order valence-electron chi connectivity index (χ1n) is 9.03. The molecule has 0 radical (unpaired) electrons. The fourth-order valence-electron chi connectivity index (χ4n) is 2.85. The third-order valence-corrected chi connectivity index (χ3v) is 6.06. The lowest BCUT2D eigenvalue weighted by Gasteiger charge is -2.30. The smallest absolute Gasteiger partial charge is 0.242 e. The predicted molar refractivity (Wildman–Crippen MR) is 118 cm³/mol. The third-order valence-electron chi connectivity index (χ3n) is 4.36. The van der Waals surface area contributed by atoms with Gasteiger partial charge in [-0.05, 0) is 24.1 Å². The van der Waals surface area contributed by atoms with Gasteiger partial charge in [-0.1, -0.05) is 66.5 Å². The van der Waals surface area contributed by atoms with Gasteiger partial charge in [-0.15, -0.1) is 11.8 Å². The van der Waals surface area contributed by atoms with Crippen LogP contribution in [-0.2, 0) is 21.9 Å². The van der Waals surface area contributed by atoms with Gasteiger partial charge in [-0.25, -0.2) is 0 Å². The van der Waals surface area contributed by atoms with Crippen molar-refractivity contribution in [3.05, 3.63) is 69.7 Å². The van der Waals surface area contributed by atoms with Crippen LogP contribution in [0.4, 0.5) is 0 Å². The molecule has 0 aromatic heterocycles. The maximum atomic E-state index is 13.0. The molecule has 4 nitrogen and oxygen atoms in total. The Bertz CT molecular complexity index is 782. The summed E-state index contributed by atoms with van der Waals surface area (Å²) in [6, 6.07) is 14.6. The van der Waals surface area contributed by atoms with Crippen LogP contribution in [0.25, 0.3) is 0 Å². The average Bonchev–Trinajstić information content (AvgIpc) is 2.70. The summed E-state index contributed by atoms with van der Waals surface area (Å²) in [5.74, 6) is 0.675. The second-order valence-corrected chi connectivity index (χ2v) is 8.04. The second kappa shape index (κ2) is 11.3. The fourth-order valence-corrected chi connectivity index (χ4v) is 4.24. The molecule has 0 unspecified atom stereocenters. The molecule has 0 aliphatic rings. The summed E-state index contributed by atoms with van der Waals surface area (Å²) in [7, 11) is 1.57. The lowest BCUT2D eigenvalue weighted by molar-refractivity contribution is -0.139. The molecular formula is C21H24Cl2N2O2S. The highest BCUT2D eigenvalue weighted by Crippen LogP contribution is 2.27. The summed E-state index contributed by atoms with van der Waals surface area (Å²) in [5, 5.41) is 3.60. The van der Waals surface area contributed by atoms with E-state index in [1.54, 1.807) is 30.1 Å². The third kappa shape index (κ3) is 6.16. The van der Waals surface area contributed by atoms with Crippen molar-refractivity contribution in [3.63, 3.8) is 0 Å². The summed E-state index contributed by atoms with van der Waals surface area (Å²) in [4.78, 5) is 27.0. The van der Waals surface area contributed by atoms with E-state index in [0.29, 0.717) is 22.0 Å². The van der Waals surface area contributed by atoms with E-state index in [2.05, 4.69) is 5.32 Å². The van der Waals surface area contributed by atoms with Crippen molar-refractivity contribution in [1.29, 1.82) is 0 Å². The van der Waals surface area contributed by atoms with Crippen molar-refractivity contribution >= 4 is 46.8 Å². The monoisotopic (exact) mass is 438 g/mol. The Morgan fingerprint density at radius 2 is 1.71 bits per heavy atom. The Morgan fingerprint density at radius 1 is 1.07 bits per heavy atom. The number of rotatable bonds is 9. The first kappa shape index (κ1) is 22.6. The molecule has 1 N–H and O–H groups in total. The molecule has 0 fully saturated rings. The topological polar surface area (TPSA) is 49.4 Å². The lowest BCUT2D eigenvalue weighted by Crippen LogP contribution is -2.48. The van der Waals surface area contributed by atoms with E-state index in [9.17, 15) is 9.59 Å². The maximum Gasteiger partial charge on any atom is 0.242 e. The Morgan fingerprint density at radius 3 is 2.29 bits per heavy atom. The van der Waals surface area contributed by atoms with E-state index in [1.165, 1.54) is 11.8 Å². The maximum absolute atomic E-state index is 13.0. The number of carbonyl (C=O) groups excluding carboxylic acids is 2. The molecule has 1 atom stereocenters. The lowest BCUT2D eigenvalue weighted by atomic mass is 10.1. The zero-order valence-corrected chi connectivity index (χ0v) is 18.3. The molecule has 0 aliphatic carbocycles. The molecule has 0 aliphatic heterocycles. The fraction of sp³-hybridized carbons (Fsp3) is 0.333. The molecule has 0 spiro atoms. The van der Waals surface area contributed by atoms with Crippen molar-refractivity contribution < 1.29 is 9.59 Å². The number of halogens is 2. The van der Waals surface area contributed by atoms with Gasteiger partial charge in [0, 0.05) is 35.0 Å². The largest absolute Gasteiger partial charge is 0.357 e. The van der Waals surface area contributed by atoms with Crippen molar-refractivity contribution in [3.8, 4) is 0 Å². The highest BCUT2D eigenvalue weighted by Gasteiger charge is 2.28. The normalized spacial score (nSPS) is 11.7. The molecule has 0 heterocycles. The van der Waals surface area contributed by atoms with Crippen LogP contribution in [0.15, 0.2) is 48.5 Å². The molecule has 150 valence electrons. The van der Waals surface area contributed by atoms with Crippen LogP contribution < -0.4 is 5.32 Å². The van der Waals surface area contributed by atoms with Crippen LogP contribution in [0.2, 0.25) is 10.0 Å². The zero-order chi connectivity index (χ0) is 20.5. The van der Waals surface area contributed by atoms with Gasteiger partial charge < -0.3 is 10.2 Å². The van der Waals surface area contributed by atoms with Gasteiger partial charge in [0.15, 0.2) is 0 Å². The quantitative estimate of drug-likeness (QED) is 0.612. The van der Waals surface area contributed by atoms with Gasteiger partial charge in [0.05, 0.1) is 5.75 Å². The highest BCUT2D eigenvalue weighted by molar-refractivity contribution is 7.99. The SMILES string of the molecule is CC[C@H](C(=O)NC)N(Cc1c(Cl)cccc1Cl)C(=O)CSCc1ccccc1. The molecule has 28 heavy (non-hydrogen) atoms. The zero-order valence-electron chi connectivity index (χ0n) is 16.0. The molecular weight excluding hydrogens is 415 g/mol. The van der Waals surface area contributed by atoms with Crippen LogP contribution >= 0.6 is 35.0 Å². The Balaban J connectivity index is 2.17. The number of carbonyl (C=O) groups is 2. The van der Waals surface area contributed by atoms with Crippen LogP contribution in [-0.4, -0.2) is 35.6 Å². The number of likely N-dealkylation sites (N-methyl/N-ethyl adjacent to an activating group) is 1. The number of nitrogens with zero attached hydrogens (tertiary/aromatic N) is 1. The highest BCUT2D eigenvalue weighted by atomic mass is 35.5. The number of benzene rings is 2. The van der Waals surface area contributed by atoms with Gasteiger partial charge in [-0.2, -0.15) is 0 Å². The van der Waals surface area contributed by atoms with Gasteiger partial charge >= 0.3 is 0 Å². The number of nitrogens with one attached hydrogen (secondary N) is 1. The summed E-state index contributed by atoms with van der Waals surface area (Å²) in [6.45, 7) is 2.07. The van der Waals surface area contributed by atoms with E-state index >= 15 is 0 Å². The van der Waals surface area contributed by atoms with Gasteiger partial charge in [0.1, 0.15) is 6.04 Å². The Kier molecular flexibility index (Phi) is 9.16. The summed E-state index contributed by atoms with van der Waals surface area (Å²) < 4.78 is 0. The van der Waals surface area contributed by atoms with Crippen molar-refractivity contribution in [2.75, 3.05) is 12.8 Å². The summed E-state index contributed by atoms with van der Waals surface area (Å²) in [6.07, 6.45) is 0.497. The molecule has 7 heteroatoms. The first-order chi connectivity index (χ1) is 13.5. The average molecular weight is 439 g/mol. The molecule has 2 aromatic carbocycles. The molecule has 2 amide bonds. The van der Waals surface area contributed by atoms with E-state index in [-0.39, 0.29) is 24.1 Å². The van der Waals surface area contributed by atoms with E-state index in [0.717, 1.165) is 11.3 Å². The minimum Gasteiger partial charge on any atom is -0.357 e. The van der Waals surface area contributed by atoms with E-state index in [4.69, 9.17) is 23.2 Å². The van der Waals surface area contributed by atoms with Gasteiger partial charge in [0.25, 0.3) is 0 Å². The van der Waals surface area contributed by atoms with Crippen LogP contribution in [0.3, 0.4) is 0 Å². The number of hydrogen-bond donors (Lipinski definition) is 1. The summed E-state index contributed by atoms with van der Waals surface area (Å²) in [5.41, 5.74) is 1.80. The molecule has 2 rings (SSSR count). The van der Waals surface area contributed by atoms with Crippen molar-refractivity contribution in [2.45, 2.75) is 31.7 Å². The predicted octanol–water partition coefficient (Wildman–Crippen LogP) is 4.78. The standard InChI is InChI=1S/C21H24Cl2N2O2S/c1-3-19(21(27)24-2)25(12-16-17(22)10-7-11-18(16)23)20(26)14-28-13-15-8-5-4-6-9-15/h4-11,19H,3,12-14H2,1-2H3,(H,24,27)/t19-/m1/s1. The molecule has 0 saturated carbocycles. The minimum absolute atomic E-state index is 0.118. The second-order valence-electron chi connectivity index (χ2n) is 6.24. The molecule has 0 saturated heterocycles. The van der Waals surface area contributed by atoms with Crippen LogP contribution in [0, 0.1) is 0 Å².